The number of rotatable bonds is 4. The summed E-state index contributed by atoms with van der Waals surface area (Å²) in [6.45, 7) is 2.26. The summed E-state index contributed by atoms with van der Waals surface area (Å²) >= 11 is 0. The average molecular weight is 319 g/mol. The van der Waals surface area contributed by atoms with Crippen LogP contribution in [0.2, 0.25) is 0 Å². The summed E-state index contributed by atoms with van der Waals surface area (Å²) in [7, 11) is 1.89. The smallest absolute Gasteiger partial charge is 0.251 e. The van der Waals surface area contributed by atoms with Crippen LogP contribution in [0.4, 0.5) is 5.82 Å². The maximum atomic E-state index is 12.6. The maximum Gasteiger partial charge on any atom is 0.251 e. The van der Waals surface area contributed by atoms with E-state index in [-0.39, 0.29) is 24.2 Å². The van der Waals surface area contributed by atoms with E-state index < -0.39 is 0 Å². The minimum atomic E-state index is -0.313. The molecule has 2 saturated heterocycles. The highest BCUT2D eigenvalue weighted by Gasteiger charge is 2.35. The molecule has 1 aromatic rings. The molecule has 7 heteroatoms. The number of ether oxygens (including phenoxy) is 1. The number of hydrogen-bond donors (Lipinski definition) is 1. The lowest BCUT2D eigenvalue weighted by molar-refractivity contribution is -0.143. The van der Waals surface area contributed by atoms with Gasteiger partial charge in [-0.15, -0.1) is 5.10 Å². The zero-order valence-electron chi connectivity index (χ0n) is 13.6. The van der Waals surface area contributed by atoms with Crippen molar-refractivity contribution in [1.82, 2.24) is 15.1 Å². The maximum absolute atomic E-state index is 12.6. The third-order valence-corrected chi connectivity index (χ3v) is 4.89. The minimum Gasteiger partial charge on any atom is -0.364 e. The summed E-state index contributed by atoms with van der Waals surface area (Å²) in [5, 5.41) is 8.08. The Morgan fingerprint density at radius 3 is 2.78 bits per heavy atom. The van der Waals surface area contributed by atoms with Gasteiger partial charge in [0.1, 0.15) is 6.10 Å². The summed E-state index contributed by atoms with van der Waals surface area (Å²) in [5.74, 6) is 1.00. The zero-order valence-corrected chi connectivity index (χ0v) is 13.6. The van der Waals surface area contributed by atoms with Crippen LogP contribution < -0.4 is 10.6 Å². The summed E-state index contributed by atoms with van der Waals surface area (Å²) in [6.07, 6.45) is 4.94. The van der Waals surface area contributed by atoms with E-state index in [0.717, 1.165) is 44.6 Å². The lowest BCUT2D eigenvalue weighted by Crippen LogP contribution is -2.48. The topological polar surface area (TPSA) is 84.6 Å². The Kier molecular flexibility index (Phi) is 5.07. The van der Waals surface area contributed by atoms with Crippen LogP contribution >= 0.6 is 0 Å². The number of amides is 1. The van der Waals surface area contributed by atoms with Gasteiger partial charge in [0.25, 0.3) is 5.91 Å². The molecule has 2 aliphatic heterocycles. The van der Waals surface area contributed by atoms with Crippen molar-refractivity contribution in [2.24, 2.45) is 5.73 Å². The first-order valence-corrected chi connectivity index (χ1v) is 8.34. The highest BCUT2D eigenvalue weighted by molar-refractivity contribution is 5.81. The van der Waals surface area contributed by atoms with E-state index >= 15 is 0 Å². The molecule has 3 heterocycles. The van der Waals surface area contributed by atoms with Gasteiger partial charge in [-0.25, -0.2) is 0 Å². The van der Waals surface area contributed by atoms with E-state index in [1.54, 1.807) is 6.20 Å². The third-order valence-electron chi connectivity index (χ3n) is 4.89. The molecule has 126 valence electrons. The Morgan fingerprint density at radius 1 is 1.39 bits per heavy atom. The lowest BCUT2D eigenvalue weighted by atomic mass is 10.0. The van der Waals surface area contributed by atoms with Crippen LogP contribution in [0.1, 0.15) is 25.7 Å². The summed E-state index contributed by atoms with van der Waals surface area (Å²) in [6, 6.07) is 4.13. The Labute approximate surface area is 136 Å². The molecule has 2 aliphatic rings. The van der Waals surface area contributed by atoms with Gasteiger partial charge in [0, 0.05) is 38.9 Å². The van der Waals surface area contributed by atoms with E-state index in [1.165, 1.54) is 0 Å². The highest BCUT2D eigenvalue weighted by atomic mass is 16.5. The molecule has 7 nitrogen and oxygen atoms in total. The molecular weight excluding hydrogens is 294 g/mol. The fraction of sp³-hybridized carbons (Fsp3) is 0.688. The monoisotopic (exact) mass is 319 g/mol. The molecule has 3 rings (SSSR count). The number of nitrogens with two attached hydrogens (primary N) is 1. The zero-order chi connectivity index (χ0) is 16.2. The largest absolute Gasteiger partial charge is 0.364 e. The highest BCUT2D eigenvalue weighted by Crippen LogP contribution is 2.24. The number of nitrogens with zero attached hydrogens (tertiary/aromatic N) is 4. The van der Waals surface area contributed by atoms with E-state index in [1.807, 2.05) is 24.1 Å². The van der Waals surface area contributed by atoms with E-state index in [9.17, 15) is 4.79 Å². The molecule has 0 aromatic carbocycles. The van der Waals surface area contributed by atoms with E-state index in [4.69, 9.17) is 10.5 Å². The Balaban J connectivity index is 1.52. The van der Waals surface area contributed by atoms with Gasteiger partial charge in [-0.2, -0.15) is 5.10 Å². The number of carbonyl (C=O) groups excluding carboxylic acids is 1. The third kappa shape index (κ3) is 3.61. The van der Waals surface area contributed by atoms with Gasteiger partial charge in [0.2, 0.25) is 0 Å². The van der Waals surface area contributed by atoms with Crippen molar-refractivity contribution in [2.75, 3.05) is 31.6 Å². The van der Waals surface area contributed by atoms with Crippen molar-refractivity contribution in [3.63, 3.8) is 0 Å². The molecule has 0 bridgehead atoms. The predicted molar refractivity (Wildman–Crippen MR) is 87.0 cm³/mol. The summed E-state index contributed by atoms with van der Waals surface area (Å²) in [5.41, 5.74) is 5.62. The second-order valence-corrected chi connectivity index (χ2v) is 6.31. The van der Waals surface area contributed by atoms with Crippen molar-refractivity contribution in [3.8, 4) is 0 Å². The quantitative estimate of drug-likeness (QED) is 0.865. The van der Waals surface area contributed by atoms with Gasteiger partial charge in [-0.3, -0.25) is 4.79 Å². The fourth-order valence-corrected chi connectivity index (χ4v) is 3.41. The number of piperidine rings is 1. The molecule has 0 saturated carbocycles. The van der Waals surface area contributed by atoms with Crippen LogP contribution in [-0.2, 0) is 9.53 Å². The second kappa shape index (κ2) is 7.23. The SMILES string of the molecule is CN(C(=O)[C@@H]1CC[C@H](CN)O1)C1CCN(c2cccnn2)CC1. The Bertz CT molecular complexity index is 518. The number of likely N-dealkylation sites (N-methyl/N-ethyl adjacent to an activating group) is 1. The van der Waals surface area contributed by atoms with Gasteiger partial charge in [0.15, 0.2) is 5.82 Å². The van der Waals surface area contributed by atoms with E-state index in [2.05, 4.69) is 15.1 Å². The van der Waals surface area contributed by atoms with Gasteiger partial charge in [0.05, 0.1) is 6.10 Å². The number of carbonyl (C=O) groups is 1. The average Bonchev–Trinajstić information content (AvgIpc) is 3.10. The number of anilines is 1. The normalized spacial score (nSPS) is 25.6. The van der Waals surface area contributed by atoms with Crippen LogP contribution in [0, 0.1) is 0 Å². The van der Waals surface area contributed by atoms with E-state index in [0.29, 0.717) is 6.54 Å². The van der Waals surface area contributed by atoms with Crippen LogP contribution in [0.3, 0.4) is 0 Å². The molecule has 1 aromatic heterocycles. The van der Waals surface area contributed by atoms with Crippen LogP contribution in [0.5, 0.6) is 0 Å². The summed E-state index contributed by atoms with van der Waals surface area (Å²) < 4.78 is 5.73. The van der Waals surface area contributed by atoms with Crippen LogP contribution in [0.25, 0.3) is 0 Å². The minimum absolute atomic E-state index is 0.0378. The second-order valence-electron chi connectivity index (χ2n) is 6.31. The summed E-state index contributed by atoms with van der Waals surface area (Å²) in [4.78, 5) is 16.7. The van der Waals surface area contributed by atoms with Gasteiger partial charge < -0.3 is 20.3 Å². The lowest BCUT2D eigenvalue weighted by Gasteiger charge is -2.37. The van der Waals surface area contributed by atoms with Crippen LogP contribution in [0.15, 0.2) is 18.3 Å². The van der Waals surface area contributed by atoms with Crippen molar-refractivity contribution in [3.05, 3.63) is 18.3 Å². The van der Waals surface area contributed by atoms with Crippen molar-refractivity contribution in [2.45, 2.75) is 43.9 Å². The first-order chi connectivity index (χ1) is 11.2. The van der Waals surface area contributed by atoms with Crippen molar-refractivity contribution >= 4 is 11.7 Å². The van der Waals surface area contributed by atoms with Crippen LogP contribution in [-0.4, -0.2) is 65.9 Å². The molecule has 0 spiro atoms. The molecule has 2 N–H and O–H groups in total. The van der Waals surface area contributed by atoms with Gasteiger partial charge in [-0.1, -0.05) is 0 Å². The molecule has 23 heavy (non-hydrogen) atoms. The number of aromatic nitrogens is 2. The molecule has 0 radical (unpaired) electrons. The molecule has 1 amide bonds. The number of hydrogen-bond acceptors (Lipinski definition) is 6. The van der Waals surface area contributed by atoms with Crippen molar-refractivity contribution < 1.29 is 9.53 Å². The fourth-order valence-electron chi connectivity index (χ4n) is 3.41. The molecular formula is C16H25N5O2. The van der Waals surface area contributed by atoms with Gasteiger partial charge in [-0.05, 0) is 37.8 Å². The molecule has 2 atom stereocenters. The Morgan fingerprint density at radius 2 is 2.17 bits per heavy atom. The molecule has 2 fully saturated rings. The molecule has 0 unspecified atom stereocenters. The Hall–Kier alpha value is -1.73. The van der Waals surface area contributed by atoms with Crippen molar-refractivity contribution in [1.29, 1.82) is 0 Å². The predicted octanol–water partition coefficient (Wildman–Crippen LogP) is 0.410. The van der Waals surface area contributed by atoms with Gasteiger partial charge >= 0.3 is 0 Å². The molecule has 0 aliphatic carbocycles. The first kappa shape index (κ1) is 16.1. The first-order valence-electron chi connectivity index (χ1n) is 8.34. The standard InChI is InChI=1S/C16H25N5O2/c1-20(16(22)14-5-4-13(11-17)23-14)12-6-9-21(10-7-12)15-3-2-8-18-19-15/h2-3,8,12-14H,4-7,9-11,17H2,1H3/t13-,14+/m1/s1.